The van der Waals surface area contributed by atoms with Crippen molar-refractivity contribution in [2.24, 2.45) is 5.41 Å². The molecule has 0 bridgehead atoms. The van der Waals surface area contributed by atoms with Gasteiger partial charge in [0.25, 0.3) is 0 Å². The van der Waals surface area contributed by atoms with E-state index in [4.69, 9.17) is 18.5 Å². The van der Waals surface area contributed by atoms with Crippen LogP contribution in [0.25, 0.3) is 0 Å². The molecule has 1 amide bonds. The van der Waals surface area contributed by atoms with E-state index in [9.17, 15) is 9.36 Å². The molecule has 8 nitrogen and oxygen atoms in total. The average Bonchev–Trinajstić information content (AvgIpc) is 3.06. The van der Waals surface area contributed by atoms with E-state index in [1.807, 2.05) is 46.8 Å². The summed E-state index contributed by atoms with van der Waals surface area (Å²) in [4.78, 5) is 12.9. The zero-order valence-electron chi connectivity index (χ0n) is 21.0. The van der Waals surface area contributed by atoms with Crippen LogP contribution in [0.3, 0.4) is 0 Å². The van der Waals surface area contributed by atoms with Crippen LogP contribution in [0.4, 0.5) is 4.79 Å². The average molecular weight is 501 g/mol. The Morgan fingerprint density at radius 3 is 2.33 bits per heavy atom. The lowest BCUT2D eigenvalue weighted by atomic mass is 9.84. The molecule has 186 valence electrons. The van der Waals surface area contributed by atoms with Gasteiger partial charge in [-0.25, -0.2) is 13.7 Å². The van der Waals surface area contributed by atoms with Crippen molar-refractivity contribution in [3.8, 4) is 11.5 Å². The molecule has 0 N–H and O–H groups in total. The van der Waals surface area contributed by atoms with Crippen molar-refractivity contribution >= 4 is 26.0 Å². The van der Waals surface area contributed by atoms with Gasteiger partial charge in [0.2, 0.25) is 0 Å². The zero-order chi connectivity index (χ0) is 24.7. The summed E-state index contributed by atoms with van der Waals surface area (Å²) in [5, 5.41) is 0. The Bertz CT molecular complexity index is 914. The van der Waals surface area contributed by atoms with Gasteiger partial charge in [0.15, 0.2) is 11.5 Å². The number of hydrogen-bond donors (Lipinski definition) is 0. The second kappa shape index (κ2) is 9.42. The smallest absolute Gasteiger partial charge is 0.426 e. The van der Waals surface area contributed by atoms with Crippen LogP contribution in [0.15, 0.2) is 18.2 Å². The molecule has 0 unspecified atom stereocenters. The number of carbonyl (C=O) groups excluding carboxylic acids is 1. The number of fused-ring (bicyclic) bond motifs is 1. The van der Waals surface area contributed by atoms with Gasteiger partial charge < -0.3 is 9.47 Å². The number of ether oxygens (including phenoxy) is 2. The molecule has 2 aliphatic rings. The lowest BCUT2D eigenvalue weighted by molar-refractivity contribution is -0.00263. The molecule has 0 saturated carbocycles. The van der Waals surface area contributed by atoms with Crippen molar-refractivity contribution in [1.29, 1.82) is 0 Å². The second-order valence-corrected chi connectivity index (χ2v) is 13.6. The molecule has 3 rings (SSSR count). The number of amides is 1. The summed E-state index contributed by atoms with van der Waals surface area (Å²) >= 11 is 0.971. The fraction of sp³-hybridized carbons (Fsp3) is 0.696. The monoisotopic (exact) mass is 500 g/mol. The number of para-hydroxylation sites is 1. The lowest BCUT2D eigenvalue weighted by Gasteiger charge is -2.45. The van der Waals surface area contributed by atoms with Crippen molar-refractivity contribution < 1.29 is 27.9 Å². The maximum absolute atomic E-state index is 13.7. The molecule has 2 aliphatic heterocycles. The Morgan fingerprint density at radius 2 is 1.79 bits per heavy atom. The van der Waals surface area contributed by atoms with Gasteiger partial charge >= 0.3 is 13.8 Å². The summed E-state index contributed by atoms with van der Waals surface area (Å²) < 4.78 is 39.9. The van der Waals surface area contributed by atoms with Crippen molar-refractivity contribution in [1.82, 2.24) is 8.38 Å². The minimum Gasteiger partial charge on any atom is -0.483 e. The van der Waals surface area contributed by atoms with Crippen LogP contribution in [0.1, 0.15) is 66.9 Å². The minimum absolute atomic E-state index is 0.144. The molecule has 0 atom stereocenters. The Labute approximate surface area is 202 Å². The quantitative estimate of drug-likeness (QED) is 0.326. The predicted molar refractivity (Wildman–Crippen MR) is 130 cm³/mol. The third kappa shape index (κ3) is 5.70. The maximum atomic E-state index is 13.7. The normalized spacial score (nSPS) is 20.8. The molecular formula is C23H37N2O6PS. The van der Waals surface area contributed by atoms with Gasteiger partial charge in [-0.1, -0.05) is 26.0 Å². The van der Waals surface area contributed by atoms with Crippen molar-refractivity contribution in [3.63, 3.8) is 0 Å². The van der Waals surface area contributed by atoms with Crippen LogP contribution in [0.5, 0.6) is 11.5 Å². The van der Waals surface area contributed by atoms with Gasteiger partial charge in [-0.05, 0) is 53.5 Å². The summed E-state index contributed by atoms with van der Waals surface area (Å²) in [7, 11) is -2.07. The molecule has 33 heavy (non-hydrogen) atoms. The van der Waals surface area contributed by atoms with Crippen LogP contribution >= 0.6 is 19.9 Å². The Morgan fingerprint density at radius 1 is 1.18 bits per heavy atom. The first-order valence-corrected chi connectivity index (χ1v) is 13.6. The molecule has 1 saturated heterocycles. The summed E-state index contributed by atoms with van der Waals surface area (Å²) in [6.45, 7) is 14.5. The van der Waals surface area contributed by atoms with Gasteiger partial charge in [0, 0.05) is 30.0 Å². The summed E-state index contributed by atoms with van der Waals surface area (Å²) in [6.07, 6.45) is 1.87. The first-order valence-electron chi connectivity index (χ1n) is 11.4. The fourth-order valence-electron chi connectivity index (χ4n) is 3.79. The molecule has 0 radical (unpaired) electrons. The van der Waals surface area contributed by atoms with Crippen LogP contribution in [0.2, 0.25) is 0 Å². The van der Waals surface area contributed by atoms with Gasteiger partial charge in [0.1, 0.15) is 5.60 Å². The predicted octanol–water partition coefficient (Wildman–Crippen LogP) is 6.46. The van der Waals surface area contributed by atoms with Crippen LogP contribution in [0, 0.1) is 5.41 Å². The van der Waals surface area contributed by atoms with Gasteiger partial charge in [-0.3, -0.25) is 9.05 Å². The van der Waals surface area contributed by atoms with Crippen LogP contribution < -0.4 is 9.47 Å². The molecule has 1 aromatic rings. The maximum Gasteiger partial charge on any atom is 0.426 e. The van der Waals surface area contributed by atoms with E-state index in [1.165, 1.54) is 8.38 Å². The Kier molecular flexibility index (Phi) is 7.52. The number of nitrogens with zero attached hydrogens (tertiary/aromatic N) is 2. The van der Waals surface area contributed by atoms with E-state index in [-0.39, 0.29) is 11.0 Å². The van der Waals surface area contributed by atoms with E-state index in [2.05, 4.69) is 13.8 Å². The number of rotatable bonds is 6. The second-order valence-electron chi connectivity index (χ2n) is 10.4. The highest BCUT2D eigenvalue weighted by Gasteiger charge is 2.49. The number of carbonyl (C=O) groups is 1. The molecule has 2 heterocycles. The standard InChI is InChI=1S/C23H37N2O6PS/c1-9-23(10-2)15-28-32(27,29-16-23)25(21(3,4)5)33-24(8)20(26)30-18-13-11-12-17-14-22(6,7)31-19(17)18/h11-13H,9-10,14-16H2,1-8H3. The summed E-state index contributed by atoms with van der Waals surface area (Å²) in [6, 6.07) is 5.52. The number of benzene rings is 1. The minimum atomic E-state index is -3.64. The van der Waals surface area contributed by atoms with Crippen molar-refractivity contribution in [2.75, 3.05) is 20.3 Å². The Balaban J connectivity index is 1.73. The first kappa shape index (κ1) is 26.4. The molecule has 1 aromatic carbocycles. The van der Waals surface area contributed by atoms with Gasteiger partial charge in [-0.2, -0.15) is 0 Å². The molecular weight excluding hydrogens is 463 g/mol. The third-order valence-corrected chi connectivity index (χ3v) is 9.94. The molecule has 1 fully saturated rings. The Hall–Kier alpha value is -1.25. The van der Waals surface area contributed by atoms with E-state index in [0.717, 1.165) is 37.0 Å². The van der Waals surface area contributed by atoms with E-state index < -0.39 is 19.4 Å². The number of hydrogen-bond acceptors (Lipinski definition) is 7. The fourth-order valence-corrected chi connectivity index (χ4v) is 7.23. The van der Waals surface area contributed by atoms with Gasteiger partial charge in [-0.15, -0.1) is 4.08 Å². The van der Waals surface area contributed by atoms with E-state index in [1.54, 1.807) is 13.1 Å². The summed E-state index contributed by atoms with van der Waals surface area (Å²) in [5.41, 5.74) is -0.112. The van der Waals surface area contributed by atoms with Crippen molar-refractivity contribution in [2.45, 2.75) is 78.9 Å². The van der Waals surface area contributed by atoms with Crippen molar-refractivity contribution in [3.05, 3.63) is 23.8 Å². The highest BCUT2D eigenvalue weighted by atomic mass is 32.2. The molecule has 10 heteroatoms. The molecule has 0 aliphatic carbocycles. The SMILES string of the molecule is CCC1(CC)COP(=O)(N(SN(C)C(=O)Oc2cccc3c2OC(C)(C)C3)C(C)(C)C)OC1. The highest BCUT2D eigenvalue weighted by molar-refractivity contribution is 7.99. The largest absolute Gasteiger partial charge is 0.483 e. The molecule has 0 aromatic heterocycles. The van der Waals surface area contributed by atoms with E-state index >= 15 is 0 Å². The zero-order valence-corrected chi connectivity index (χ0v) is 22.7. The first-order chi connectivity index (χ1) is 15.2. The van der Waals surface area contributed by atoms with Gasteiger partial charge in [0.05, 0.1) is 25.3 Å². The van der Waals surface area contributed by atoms with Crippen LogP contribution in [-0.4, -0.2) is 45.9 Å². The molecule has 0 spiro atoms. The summed E-state index contributed by atoms with van der Waals surface area (Å²) in [5.74, 6) is 0.953. The van der Waals surface area contributed by atoms with Crippen LogP contribution in [-0.2, 0) is 20.0 Å². The third-order valence-electron chi connectivity index (χ3n) is 6.07. The lowest BCUT2D eigenvalue weighted by Crippen LogP contribution is -2.43. The topological polar surface area (TPSA) is 77.5 Å². The van der Waals surface area contributed by atoms with E-state index in [0.29, 0.717) is 24.7 Å². The highest BCUT2D eigenvalue weighted by Crippen LogP contribution is 2.63.